The molecule has 2 aromatic rings. The molecule has 5 heteroatoms. The second-order valence-electron chi connectivity index (χ2n) is 4.31. The van der Waals surface area contributed by atoms with Crippen molar-refractivity contribution in [2.24, 2.45) is 0 Å². The van der Waals surface area contributed by atoms with E-state index >= 15 is 0 Å². The Balaban J connectivity index is 2.51. The molecule has 2 rings (SSSR count). The molecule has 2 nitrogen and oxygen atoms in total. The van der Waals surface area contributed by atoms with Crippen molar-refractivity contribution < 1.29 is 13.5 Å². The van der Waals surface area contributed by atoms with Crippen LogP contribution in [0.5, 0.6) is 5.75 Å². The van der Waals surface area contributed by atoms with Crippen LogP contribution in [0.2, 0.25) is 5.02 Å². The van der Waals surface area contributed by atoms with Crippen molar-refractivity contribution in [3.63, 3.8) is 0 Å². The Bertz CT molecular complexity index is 608. The molecule has 0 aliphatic carbocycles. The average molecular weight is 298 g/mol. The van der Waals surface area contributed by atoms with Gasteiger partial charge in [0.25, 0.3) is 0 Å². The number of rotatable bonds is 4. The highest BCUT2D eigenvalue weighted by atomic mass is 35.5. The molecule has 0 saturated heterocycles. The van der Waals surface area contributed by atoms with Gasteiger partial charge in [0, 0.05) is 29.3 Å². The van der Waals surface area contributed by atoms with E-state index < -0.39 is 11.6 Å². The number of halogens is 3. The molecular weight excluding hydrogens is 284 g/mol. The topological polar surface area (TPSA) is 21.3 Å². The van der Waals surface area contributed by atoms with E-state index in [-0.39, 0.29) is 11.3 Å². The van der Waals surface area contributed by atoms with Crippen LogP contribution in [0.25, 0.3) is 11.1 Å². The largest absolute Gasteiger partial charge is 0.497 e. The zero-order valence-corrected chi connectivity index (χ0v) is 11.9. The lowest BCUT2D eigenvalue weighted by Crippen LogP contribution is -2.05. The number of methoxy groups -OCH3 is 1. The number of nitrogens with one attached hydrogen (secondary N) is 1. The van der Waals surface area contributed by atoms with Gasteiger partial charge in [-0.25, -0.2) is 8.78 Å². The van der Waals surface area contributed by atoms with Crippen molar-refractivity contribution in [2.45, 2.75) is 6.54 Å². The predicted molar refractivity (Wildman–Crippen MR) is 76.1 cm³/mol. The molecule has 20 heavy (non-hydrogen) atoms. The first-order valence-electron chi connectivity index (χ1n) is 6.03. The third-order valence-electron chi connectivity index (χ3n) is 2.94. The third kappa shape index (κ3) is 2.92. The van der Waals surface area contributed by atoms with Crippen molar-refractivity contribution in [2.75, 3.05) is 14.2 Å². The van der Waals surface area contributed by atoms with Gasteiger partial charge >= 0.3 is 0 Å². The van der Waals surface area contributed by atoms with Crippen LogP contribution in [0.15, 0.2) is 30.3 Å². The summed E-state index contributed by atoms with van der Waals surface area (Å²) in [6.45, 7) is 0.633. The molecule has 0 spiro atoms. The predicted octanol–water partition coefficient (Wildman–Crippen LogP) is 4.01. The van der Waals surface area contributed by atoms with Gasteiger partial charge in [-0.2, -0.15) is 0 Å². The Hall–Kier alpha value is -1.65. The van der Waals surface area contributed by atoms with Gasteiger partial charge in [0.15, 0.2) is 0 Å². The van der Waals surface area contributed by atoms with Gasteiger partial charge in [0.05, 0.1) is 12.7 Å². The standard InChI is InChI=1S/C15H14ClF2NO/c1-19-8-9-3-4-11(12(16)5-9)15-13(17)6-10(20-2)7-14(15)18/h3-7,19H,8H2,1-2H3. The van der Waals surface area contributed by atoms with Crippen molar-refractivity contribution in [1.29, 1.82) is 0 Å². The van der Waals surface area contributed by atoms with Gasteiger partial charge in [-0.3, -0.25) is 0 Å². The van der Waals surface area contributed by atoms with Crippen LogP contribution in [0.3, 0.4) is 0 Å². The molecule has 106 valence electrons. The number of benzene rings is 2. The normalized spacial score (nSPS) is 10.7. The summed E-state index contributed by atoms with van der Waals surface area (Å²) in [6, 6.07) is 7.35. The molecule has 0 saturated carbocycles. The minimum absolute atomic E-state index is 0.131. The monoisotopic (exact) mass is 297 g/mol. The fourth-order valence-corrected chi connectivity index (χ4v) is 2.30. The lowest BCUT2D eigenvalue weighted by atomic mass is 10.0. The van der Waals surface area contributed by atoms with Gasteiger partial charge in [-0.1, -0.05) is 23.7 Å². The second kappa shape index (κ2) is 6.20. The SMILES string of the molecule is CNCc1ccc(-c2c(F)cc(OC)cc2F)c(Cl)c1. The average Bonchev–Trinajstić information content (AvgIpc) is 2.40. The molecule has 1 N–H and O–H groups in total. The van der Waals surface area contributed by atoms with E-state index in [2.05, 4.69) is 5.32 Å². The molecule has 0 aliphatic heterocycles. The summed E-state index contributed by atoms with van der Waals surface area (Å²) in [5.74, 6) is -1.28. The smallest absolute Gasteiger partial charge is 0.137 e. The van der Waals surface area contributed by atoms with Crippen molar-refractivity contribution in [3.05, 3.63) is 52.6 Å². The van der Waals surface area contributed by atoms with E-state index in [4.69, 9.17) is 16.3 Å². The molecule has 0 bridgehead atoms. The molecule has 0 atom stereocenters. The minimum Gasteiger partial charge on any atom is -0.497 e. The summed E-state index contributed by atoms with van der Waals surface area (Å²) in [5, 5.41) is 3.29. The van der Waals surface area contributed by atoms with E-state index in [0.717, 1.165) is 17.7 Å². The Kier molecular flexibility index (Phi) is 4.57. The molecule has 0 fully saturated rings. The van der Waals surface area contributed by atoms with E-state index in [0.29, 0.717) is 17.1 Å². The molecular formula is C15H14ClF2NO. The zero-order chi connectivity index (χ0) is 14.7. The van der Waals surface area contributed by atoms with Gasteiger partial charge < -0.3 is 10.1 Å². The van der Waals surface area contributed by atoms with Crippen LogP contribution in [0.1, 0.15) is 5.56 Å². The molecule has 0 radical (unpaired) electrons. The van der Waals surface area contributed by atoms with Crippen LogP contribution >= 0.6 is 11.6 Å². The number of ether oxygens (including phenoxy) is 1. The quantitative estimate of drug-likeness (QED) is 0.920. The highest BCUT2D eigenvalue weighted by Crippen LogP contribution is 2.34. The van der Waals surface area contributed by atoms with E-state index in [9.17, 15) is 8.78 Å². The Morgan fingerprint density at radius 1 is 1.15 bits per heavy atom. The lowest BCUT2D eigenvalue weighted by Gasteiger charge is -2.11. The number of hydrogen-bond donors (Lipinski definition) is 1. The fraction of sp³-hybridized carbons (Fsp3) is 0.200. The molecule has 0 aliphatic rings. The van der Waals surface area contributed by atoms with Crippen LogP contribution in [-0.2, 0) is 6.54 Å². The van der Waals surface area contributed by atoms with Crippen LogP contribution in [-0.4, -0.2) is 14.2 Å². The maximum atomic E-state index is 14.0. The van der Waals surface area contributed by atoms with Gasteiger partial charge in [0.1, 0.15) is 17.4 Å². The first-order valence-corrected chi connectivity index (χ1v) is 6.41. The first-order chi connectivity index (χ1) is 9.56. The third-order valence-corrected chi connectivity index (χ3v) is 3.25. The zero-order valence-electron chi connectivity index (χ0n) is 11.1. The lowest BCUT2D eigenvalue weighted by molar-refractivity contribution is 0.407. The molecule has 2 aromatic carbocycles. The number of hydrogen-bond acceptors (Lipinski definition) is 2. The fourth-order valence-electron chi connectivity index (χ4n) is 2.00. The van der Waals surface area contributed by atoms with Crippen molar-refractivity contribution in [3.8, 4) is 16.9 Å². The van der Waals surface area contributed by atoms with Crippen LogP contribution in [0.4, 0.5) is 8.78 Å². The Labute approximate surface area is 121 Å². The highest BCUT2D eigenvalue weighted by molar-refractivity contribution is 6.33. The summed E-state index contributed by atoms with van der Waals surface area (Å²) in [5.41, 5.74) is 1.12. The Morgan fingerprint density at radius 3 is 2.30 bits per heavy atom. The van der Waals surface area contributed by atoms with E-state index in [1.54, 1.807) is 18.2 Å². The highest BCUT2D eigenvalue weighted by Gasteiger charge is 2.16. The van der Waals surface area contributed by atoms with E-state index in [1.165, 1.54) is 7.11 Å². The van der Waals surface area contributed by atoms with Crippen molar-refractivity contribution >= 4 is 11.6 Å². The van der Waals surface area contributed by atoms with Crippen molar-refractivity contribution in [1.82, 2.24) is 5.32 Å². The molecule has 0 aromatic heterocycles. The summed E-state index contributed by atoms with van der Waals surface area (Å²) in [4.78, 5) is 0. The second-order valence-corrected chi connectivity index (χ2v) is 4.72. The van der Waals surface area contributed by atoms with Gasteiger partial charge in [-0.05, 0) is 18.7 Å². The molecule has 0 heterocycles. The summed E-state index contributed by atoms with van der Waals surface area (Å²) < 4.78 is 32.9. The summed E-state index contributed by atoms with van der Waals surface area (Å²) in [6.07, 6.45) is 0. The maximum absolute atomic E-state index is 14.0. The minimum atomic E-state index is -0.704. The molecule has 0 amide bonds. The van der Waals surface area contributed by atoms with Gasteiger partial charge in [-0.15, -0.1) is 0 Å². The maximum Gasteiger partial charge on any atom is 0.137 e. The summed E-state index contributed by atoms with van der Waals surface area (Å²) in [7, 11) is 3.16. The first kappa shape index (κ1) is 14.8. The van der Waals surface area contributed by atoms with Crippen LogP contribution < -0.4 is 10.1 Å². The van der Waals surface area contributed by atoms with E-state index in [1.807, 2.05) is 7.05 Å². The molecule has 0 unspecified atom stereocenters. The van der Waals surface area contributed by atoms with Gasteiger partial charge in [0.2, 0.25) is 0 Å². The van der Waals surface area contributed by atoms with Crippen LogP contribution in [0, 0.1) is 11.6 Å². The summed E-state index contributed by atoms with van der Waals surface area (Å²) >= 11 is 6.12. The Morgan fingerprint density at radius 2 is 1.80 bits per heavy atom.